The summed E-state index contributed by atoms with van der Waals surface area (Å²) < 4.78 is 1.27. The van der Waals surface area contributed by atoms with E-state index in [1.807, 2.05) is 0 Å². The van der Waals surface area contributed by atoms with Gasteiger partial charge < -0.3 is 15.7 Å². The van der Waals surface area contributed by atoms with Crippen molar-refractivity contribution in [1.29, 1.82) is 0 Å². The average molecular weight is 502 g/mol. The maximum Gasteiger partial charge on any atom is 0.335 e. The molecule has 0 radical (unpaired) electrons. The van der Waals surface area contributed by atoms with Crippen molar-refractivity contribution in [2.75, 3.05) is 0 Å². The molecule has 3 N–H and O–H groups in total. The van der Waals surface area contributed by atoms with Crippen LogP contribution in [-0.4, -0.2) is 42.5 Å². The number of aromatic carboxylic acids is 1. The van der Waals surface area contributed by atoms with Gasteiger partial charge in [-0.15, -0.1) is 0 Å². The van der Waals surface area contributed by atoms with Crippen LogP contribution in [0.5, 0.6) is 0 Å². The molecule has 0 saturated heterocycles. The standard InChI is InChI=1S/C24H19N7O4S/c1-12-14-6-7-17(16(14)5-4-15(12)23(34)35)29-22(33)19-9-18(30-24-27-11-28-31(19)24)21(32)26-10-13-3-8-20(25-2)36-13/h3-5,8-9,11,17H,6-7,10H2,1H3,(H,26,32)(H,29,33)(H,34,35)/t17-/m0/s1. The average Bonchev–Trinajstić information content (AvgIpc) is 3.61. The molecule has 0 aliphatic heterocycles. The third-order valence-electron chi connectivity index (χ3n) is 6.13. The minimum absolute atomic E-state index is 0.0105. The molecule has 2 amide bonds. The van der Waals surface area contributed by atoms with Crippen molar-refractivity contribution in [3.05, 3.63) is 86.6 Å². The number of amides is 2. The predicted octanol–water partition coefficient (Wildman–Crippen LogP) is 3.09. The van der Waals surface area contributed by atoms with Crippen molar-refractivity contribution in [3.63, 3.8) is 0 Å². The lowest BCUT2D eigenvalue weighted by molar-refractivity contribution is 0.0695. The molecule has 1 atom stereocenters. The SMILES string of the molecule is [C-]#[N+]c1ccc(CNC(=O)c2cc(C(=O)N[C@H]3CCc4c3ccc(C(=O)O)c4C)n3ncnc3n2)s1. The first kappa shape index (κ1) is 23.1. The summed E-state index contributed by atoms with van der Waals surface area (Å²) in [5.41, 5.74) is 2.87. The van der Waals surface area contributed by atoms with Gasteiger partial charge in [-0.3, -0.25) is 9.59 Å². The minimum Gasteiger partial charge on any atom is -0.478 e. The summed E-state index contributed by atoms with van der Waals surface area (Å²) in [6.07, 6.45) is 2.52. The lowest BCUT2D eigenvalue weighted by Gasteiger charge is -2.16. The number of carbonyl (C=O) groups is 3. The number of hydrogen-bond acceptors (Lipinski definition) is 7. The number of nitrogens with one attached hydrogen (secondary N) is 2. The van der Waals surface area contributed by atoms with E-state index in [9.17, 15) is 19.5 Å². The van der Waals surface area contributed by atoms with Gasteiger partial charge in [0.25, 0.3) is 17.6 Å². The Kier molecular flexibility index (Phi) is 5.91. The minimum atomic E-state index is -0.982. The highest BCUT2D eigenvalue weighted by Crippen LogP contribution is 2.35. The zero-order valence-corrected chi connectivity index (χ0v) is 19.8. The van der Waals surface area contributed by atoms with Gasteiger partial charge in [-0.25, -0.2) is 14.6 Å². The highest BCUT2D eigenvalue weighted by molar-refractivity contribution is 7.16. The Bertz CT molecular complexity index is 1580. The molecule has 0 saturated carbocycles. The van der Waals surface area contributed by atoms with Crippen LogP contribution in [0.4, 0.5) is 5.00 Å². The Balaban J connectivity index is 1.38. The van der Waals surface area contributed by atoms with Gasteiger partial charge in [0, 0.05) is 10.9 Å². The number of carbonyl (C=O) groups excluding carboxylic acids is 2. The lowest BCUT2D eigenvalue weighted by Crippen LogP contribution is -2.30. The molecule has 180 valence electrons. The van der Waals surface area contributed by atoms with Gasteiger partial charge in [0.1, 0.15) is 17.7 Å². The molecule has 1 aliphatic rings. The first-order valence-electron chi connectivity index (χ1n) is 11.0. The molecule has 36 heavy (non-hydrogen) atoms. The second kappa shape index (κ2) is 9.20. The molecule has 1 aliphatic carbocycles. The number of hydrogen-bond donors (Lipinski definition) is 3. The lowest BCUT2D eigenvalue weighted by atomic mass is 9.98. The van der Waals surface area contributed by atoms with Crippen LogP contribution in [0, 0.1) is 13.5 Å². The number of nitrogens with zero attached hydrogens (tertiary/aromatic N) is 5. The van der Waals surface area contributed by atoms with Crippen molar-refractivity contribution < 1.29 is 19.5 Å². The van der Waals surface area contributed by atoms with Crippen LogP contribution in [0.15, 0.2) is 36.7 Å². The summed E-state index contributed by atoms with van der Waals surface area (Å²) in [5.74, 6) is -1.83. The smallest absolute Gasteiger partial charge is 0.335 e. The van der Waals surface area contributed by atoms with Crippen LogP contribution in [0.3, 0.4) is 0 Å². The molecule has 0 bridgehead atoms. The van der Waals surface area contributed by atoms with Crippen molar-refractivity contribution in [1.82, 2.24) is 30.2 Å². The van der Waals surface area contributed by atoms with Gasteiger partial charge in [-0.05, 0) is 48.6 Å². The Morgan fingerprint density at radius 2 is 2.08 bits per heavy atom. The molecule has 11 nitrogen and oxygen atoms in total. The first-order valence-corrected chi connectivity index (χ1v) is 11.8. The summed E-state index contributed by atoms with van der Waals surface area (Å²) in [4.78, 5) is 50.0. The number of carboxylic acids is 1. The van der Waals surface area contributed by atoms with Crippen molar-refractivity contribution in [3.8, 4) is 0 Å². The van der Waals surface area contributed by atoms with E-state index in [2.05, 4.69) is 30.5 Å². The zero-order chi connectivity index (χ0) is 25.4. The Morgan fingerprint density at radius 1 is 1.25 bits per heavy atom. The van der Waals surface area contributed by atoms with E-state index in [4.69, 9.17) is 6.57 Å². The quantitative estimate of drug-likeness (QED) is 0.345. The molecule has 1 aromatic carbocycles. The van der Waals surface area contributed by atoms with Crippen LogP contribution in [0.25, 0.3) is 10.6 Å². The van der Waals surface area contributed by atoms with Crippen molar-refractivity contribution in [2.24, 2.45) is 0 Å². The molecule has 5 rings (SSSR count). The first-order chi connectivity index (χ1) is 17.4. The molecule has 0 fully saturated rings. The van der Waals surface area contributed by atoms with Crippen LogP contribution >= 0.6 is 11.3 Å². The fraction of sp³-hybridized carbons (Fsp3) is 0.208. The number of carboxylic acid groups (broad SMARTS) is 1. The number of benzene rings is 1. The Morgan fingerprint density at radius 3 is 2.83 bits per heavy atom. The van der Waals surface area contributed by atoms with E-state index >= 15 is 0 Å². The maximum absolute atomic E-state index is 13.3. The zero-order valence-electron chi connectivity index (χ0n) is 19.0. The topological polar surface area (TPSA) is 143 Å². The number of fused-ring (bicyclic) bond motifs is 2. The summed E-state index contributed by atoms with van der Waals surface area (Å²) in [6.45, 7) is 9.05. The highest BCUT2D eigenvalue weighted by atomic mass is 32.1. The van der Waals surface area contributed by atoms with E-state index in [0.717, 1.165) is 16.0 Å². The Hall–Kier alpha value is -4.63. The molecule has 0 unspecified atom stereocenters. The molecule has 4 aromatic rings. The van der Waals surface area contributed by atoms with E-state index < -0.39 is 17.8 Å². The van der Waals surface area contributed by atoms with E-state index in [-0.39, 0.29) is 35.3 Å². The van der Waals surface area contributed by atoms with E-state index in [1.165, 1.54) is 28.2 Å². The second-order valence-corrected chi connectivity index (χ2v) is 9.36. The van der Waals surface area contributed by atoms with Crippen molar-refractivity contribution in [2.45, 2.75) is 32.4 Å². The molecular formula is C24H19N7O4S. The molecule has 12 heteroatoms. The largest absolute Gasteiger partial charge is 0.478 e. The summed E-state index contributed by atoms with van der Waals surface area (Å²) in [6, 6.07) is 7.80. The molecule has 3 aromatic heterocycles. The number of rotatable bonds is 6. The molecule has 3 heterocycles. The van der Waals surface area contributed by atoms with Crippen LogP contribution < -0.4 is 10.6 Å². The van der Waals surface area contributed by atoms with Gasteiger partial charge in [0.05, 0.1) is 24.7 Å². The van der Waals surface area contributed by atoms with Crippen LogP contribution in [0.1, 0.15) is 65.4 Å². The van der Waals surface area contributed by atoms with Crippen LogP contribution in [-0.2, 0) is 13.0 Å². The van der Waals surface area contributed by atoms with Gasteiger partial charge in [0.15, 0.2) is 0 Å². The van der Waals surface area contributed by atoms with E-state index in [0.29, 0.717) is 23.4 Å². The molecule has 0 spiro atoms. The molecular weight excluding hydrogens is 482 g/mol. The van der Waals surface area contributed by atoms with Crippen LogP contribution in [0.2, 0.25) is 0 Å². The summed E-state index contributed by atoms with van der Waals surface area (Å²) in [5, 5.41) is 19.7. The fourth-order valence-electron chi connectivity index (χ4n) is 4.36. The third kappa shape index (κ3) is 4.16. The van der Waals surface area contributed by atoms with Crippen molar-refractivity contribution >= 4 is 39.9 Å². The normalized spacial score (nSPS) is 14.3. The second-order valence-electron chi connectivity index (χ2n) is 8.21. The number of aromatic nitrogens is 4. The highest BCUT2D eigenvalue weighted by Gasteiger charge is 2.29. The van der Waals surface area contributed by atoms with Gasteiger partial charge in [0.2, 0.25) is 5.00 Å². The third-order valence-corrected chi connectivity index (χ3v) is 7.11. The predicted molar refractivity (Wildman–Crippen MR) is 129 cm³/mol. The summed E-state index contributed by atoms with van der Waals surface area (Å²) in [7, 11) is 0. The monoisotopic (exact) mass is 501 g/mol. The van der Waals surface area contributed by atoms with Gasteiger partial charge in [-0.1, -0.05) is 12.1 Å². The summed E-state index contributed by atoms with van der Waals surface area (Å²) >= 11 is 1.29. The fourth-order valence-corrected chi connectivity index (χ4v) is 5.09. The number of thiophene rings is 1. The van der Waals surface area contributed by atoms with Gasteiger partial charge in [-0.2, -0.15) is 25.9 Å². The maximum atomic E-state index is 13.3. The van der Waals surface area contributed by atoms with E-state index in [1.54, 1.807) is 31.2 Å². The van der Waals surface area contributed by atoms with Gasteiger partial charge >= 0.3 is 5.97 Å². The Labute approximate surface area is 208 Å².